The summed E-state index contributed by atoms with van der Waals surface area (Å²) in [6.07, 6.45) is 2.32. The number of nitrogens with zero attached hydrogens (tertiary/aromatic N) is 2. The summed E-state index contributed by atoms with van der Waals surface area (Å²) >= 11 is 0. The Bertz CT molecular complexity index is 1350. The van der Waals surface area contributed by atoms with Gasteiger partial charge in [0.1, 0.15) is 11.5 Å². The summed E-state index contributed by atoms with van der Waals surface area (Å²) in [7, 11) is 1.58. The minimum Gasteiger partial charge on any atom is -0.497 e. The number of anilines is 2. The average molecular weight is 471 g/mol. The number of methoxy groups -OCH3 is 1. The molecule has 0 spiro atoms. The van der Waals surface area contributed by atoms with Crippen LogP contribution < -0.4 is 25.7 Å². The first kappa shape index (κ1) is 23.6. The molecule has 0 radical (unpaired) electrons. The first-order valence-electron chi connectivity index (χ1n) is 11.2. The van der Waals surface area contributed by atoms with Crippen LogP contribution in [0.4, 0.5) is 11.4 Å². The summed E-state index contributed by atoms with van der Waals surface area (Å²) in [5.41, 5.74) is 1.39. The van der Waals surface area contributed by atoms with E-state index in [4.69, 9.17) is 9.47 Å². The van der Waals surface area contributed by atoms with E-state index in [9.17, 15) is 9.59 Å². The van der Waals surface area contributed by atoms with Crippen LogP contribution in [0.15, 0.2) is 89.9 Å². The zero-order chi connectivity index (χ0) is 24.6. The van der Waals surface area contributed by atoms with E-state index in [1.54, 1.807) is 67.8 Å². The van der Waals surface area contributed by atoms with Crippen LogP contribution in [-0.2, 0) is 0 Å². The first-order chi connectivity index (χ1) is 17.1. The average Bonchev–Trinajstić information content (AvgIpc) is 2.90. The van der Waals surface area contributed by atoms with Crippen molar-refractivity contribution in [1.29, 1.82) is 0 Å². The van der Waals surface area contributed by atoms with Crippen LogP contribution in [0, 0.1) is 0 Å². The van der Waals surface area contributed by atoms with Crippen LogP contribution in [0.3, 0.4) is 0 Å². The predicted molar refractivity (Wildman–Crippen MR) is 135 cm³/mol. The van der Waals surface area contributed by atoms with Crippen molar-refractivity contribution >= 4 is 17.3 Å². The summed E-state index contributed by atoms with van der Waals surface area (Å²) in [6.45, 7) is 2.58. The molecule has 0 saturated carbocycles. The van der Waals surface area contributed by atoms with Crippen molar-refractivity contribution in [2.45, 2.75) is 13.3 Å². The number of hydrogen-bond donors (Lipinski definition) is 2. The number of rotatable bonds is 9. The van der Waals surface area contributed by atoms with E-state index in [1.807, 2.05) is 25.1 Å². The Balaban J connectivity index is 1.73. The van der Waals surface area contributed by atoms with Crippen molar-refractivity contribution in [2.75, 3.05) is 19.0 Å². The maximum Gasteiger partial charge on any atom is 0.299 e. The Kier molecular flexibility index (Phi) is 7.42. The second kappa shape index (κ2) is 11.0. The van der Waals surface area contributed by atoms with E-state index in [0.717, 1.165) is 6.42 Å². The molecule has 8 nitrogen and oxygen atoms in total. The molecule has 0 atom stereocenters. The van der Waals surface area contributed by atoms with Crippen LogP contribution in [0.2, 0.25) is 0 Å². The highest BCUT2D eigenvalue weighted by atomic mass is 16.5. The van der Waals surface area contributed by atoms with Gasteiger partial charge in [0, 0.05) is 17.8 Å². The molecule has 2 N–H and O–H groups in total. The van der Waals surface area contributed by atoms with Crippen molar-refractivity contribution in [3.8, 4) is 22.9 Å². The normalized spacial score (nSPS) is 10.5. The van der Waals surface area contributed by atoms with Gasteiger partial charge in [-0.15, -0.1) is 0 Å². The summed E-state index contributed by atoms with van der Waals surface area (Å²) < 4.78 is 12.5. The molecule has 0 unspecified atom stereocenters. The Hall–Kier alpha value is -4.59. The van der Waals surface area contributed by atoms with Gasteiger partial charge in [-0.25, -0.2) is 0 Å². The van der Waals surface area contributed by atoms with Gasteiger partial charge in [0.25, 0.3) is 11.5 Å². The number of nitrogens with one attached hydrogen (secondary N) is 2. The molecule has 178 valence electrons. The molecule has 0 aliphatic heterocycles. The molecule has 3 aromatic carbocycles. The van der Waals surface area contributed by atoms with Crippen LogP contribution in [-0.4, -0.2) is 29.3 Å². The predicted octanol–water partition coefficient (Wildman–Crippen LogP) is 4.92. The molecule has 1 amide bonds. The Morgan fingerprint density at radius 1 is 0.971 bits per heavy atom. The van der Waals surface area contributed by atoms with Crippen molar-refractivity contribution in [1.82, 2.24) is 15.1 Å². The SMILES string of the molecule is CCCNC(=O)c1cccc(Nc2c(Oc3ccccc3)cnn(-c3ccc(OC)cc3)c2=O)c1. The Labute approximate surface area is 203 Å². The van der Waals surface area contributed by atoms with Gasteiger partial charge < -0.3 is 20.1 Å². The molecule has 0 bridgehead atoms. The van der Waals surface area contributed by atoms with Crippen molar-refractivity contribution < 1.29 is 14.3 Å². The van der Waals surface area contributed by atoms with Gasteiger partial charge in [0.2, 0.25) is 0 Å². The summed E-state index contributed by atoms with van der Waals surface area (Å²) in [5.74, 6) is 1.31. The molecule has 8 heteroatoms. The smallest absolute Gasteiger partial charge is 0.299 e. The van der Waals surface area contributed by atoms with E-state index in [2.05, 4.69) is 15.7 Å². The Morgan fingerprint density at radius 2 is 1.74 bits per heavy atom. The number of hydrogen-bond acceptors (Lipinski definition) is 6. The topological polar surface area (TPSA) is 94.5 Å². The fraction of sp³-hybridized carbons (Fsp3) is 0.148. The zero-order valence-corrected chi connectivity index (χ0v) is 19.5. The largest absolute Gasteiger partial charge is 0.497 e. The maximum atomic E-state index is 13.5. The second-order valence-electron chi connectivity index (χ2n) is 7.68. The fourth-order valence-electron chi connectivity index (χ4n) is 3.38. The van der Waals surface area contributed by atoms with Crippen LogP contribution in [0.1, 0.15) is 23.7 Å². The van der Waals surface area contributed by atoms with E-state index in [-0.39, 0.29) is 17.3 Å². The standard InChI is InChI=1S/C27H26N4O4/c1-3-16-28-26(32)19-8-7-9-20(17-19)30-25-24(35-23-10-5-4-6-11-23)18-29-31(27(25)33)21-12-14-22(34-2)15-13-21/h4-15,17-18,30H,3,16H2,1-2H3,(H,28,32). The van der Waals surface area contributed by atoms with E-state index < -0.39 is 5.56 Å². The molecule has 1 aromatic heterocycles. The fourth-order valence-corrected chi connectivity index (χ4v) is 3.38. The lowest BCUT2D eigenvalue weighted by molar-refractivity contribution is 0.0953. The number of para-hydroxylation sites is 1. The van der Waals surface area contributed by atoms with Gasteiger partial charge in [0.15, 0.2) is 11.4 Å². The quantitative estimate of drug-likeness (QED) is 0.361. The lowest BCUT2D eigenvalue weighted by atomic mass is 10.2. The van der Waals surface area contributed by atoms with Crippen LogP contribution in [0.5, 0.6) is 17.2 Å². The van der Waals surface area contributed by atoms with Gasteiger partial charge in [-0.05, 0) is 61.0 Å². The third kappa shape index (κ3) is 5.67. The van der Waals surface area contributed by atoms with Crippen molar-refractivity contribution in [3.63, 3.8) is 0 Å². The number of carbonyl (C=O) groups excluding carboxylic acids is 1. The molecule has 4 rings (SSSR count). The lowest BCUT2D eigenvalue weighted by Crippen LogP contribution is -2.25. The number of amides is 1. The zero-order valence-electron chi connectivity index (χ0n) is 19.5. The van der Waals surface area contributed by atoms with Gasteiger partial charge in [-0.1, -0.05) is 31.2 Å². The number of ether oxygens (including phenoxy) is 2. The van der Waals surface area contributed by atoms with E-state index in [1.165, 1.54) is 10.9 Å². The number of carbonyl (C=O) groups is 1. The molecular weight excluding hydrogens is 444 g/mol. The molecule has 1 heterocycles. The number of aromatic nitrogens is 2. The molecule has 4 aromatic rings. The van der Waals surface area contributed by atoms with Crippen molar-refractivity contribution in [2.24, 2.45) is 0 Å². The first-order valence-corrected chi connectivity index (χ1v) is 11.2. The molecule has 0 aliphatic carbocycles. The highest BCUT2D eigenvalue weighted by Crippen LogP contribution is 2.29. The second-order valence-corrected chi connectivity index (χ2v) is 7.68. The third-order valence-corrected chi connectivity index (χ3v) is 5.16. The van der Waals surface area contributed by atoms with Gasteiger partial charge in [-0.3, -0.25) is 9.59 Å². The molecule has 0 fully saturated rings. The summed E-state index contributed by atoms with van der Waals surface area (Å²) in [6, 6.07) is 23.1. The maximum absolute atomic E-state index is 13.5. The van der Waals surface area contributed by atoms with E-state index in [0.29, 0.717) is 35.0 Å². The van der Waals surface area contributed by atoms with Crippen LogP contribution in [0.25, 0.3) is 5.69 Å². The minimum absolute atomic E-state index is 0.179. The van der Waals surface area contributed by atoms with Gasteiger partial charge >= 0.3 is 0 Å². The third-order valence-electron chi connectivity index (χ3n) is 5.16. The summed E-state index contributed by atoms with van der Waals surface area (Å²) in [5, 5.41) is 10.3. The minimum atomic E-state index is -0.413. The molecular formula is C27H26N4O4. The molecule has 0 aliphatic rings. The van der Waals surface area contributed by atoms with Crippen molar-refractivity contribution in [3.05, 3.63) is 101 Å². The van der Waals surface area contributed by atoms with Gasteiger partial charge in [-0.2, -0.15) is 9.78 Å². The highest BCUT2D eigenvalue weighted by molar-refractivity contribution is 5.95. The van der Waals surface area contributed by atoms with Crippen LogP contribution >= 0.6 is 0 Å². The summed E-state index contributed by atoms with van der Waals surface area (Å²) in [4.78, 5) is 26.0. The van der Waals surface area contributed by atoms with E-state index >= 15 is 0 Å². The highest BCUT2D eigenvalue weighted by Gasteiger charge is 2.16. The molecule has 35 heavy (non-hydrogen) atoms. The Morgan fingerprint density at radius 3 is 2.46 bits per heavy atom. The monoisotopic (exact) mass is 470 g/mol. The lowest BCUT2D eigenvalue weighted by Gasteiger charge is -2.15. The van der Waals surface area contributed by atoms with Gasteiger partial charge in [0.05, 0.1) is 19.0 Å². The number of benzene rings is 3. The molecule has 0 saturated heterocycles.